The predicted molar refractivity (Wildman–Crippen MR) is 78.3 cm³/mol. The van der Waals surface area contributed by atoms with E-state index in [1.165, 1.54) is 6.07 Å². The summed E-state index contributed by atoms with van der Waals surface area (Å²) < 4.78 is 19.3. The number of rotatable bonds is 4. The van der Waals surface area contributed by atoms with E-state index in [4.69, 9.17) is 10.5 Å². The molecule has 0 radical (unpaired) electrons. The van der Waals surface area contributed by atoms with Crippen molar-refractivity contribution in [3.05, 3.63) is 53.8 Å². The Bertz CT molecular complexity index is 626. The smallest absolute Gasteiger partial charge is 0.131 e. The monoisotopic (exact) mass is 271 g/mol. The summed E-state index contributed by atoms with van der Waals surface area (Å²) >= 11 is 0. The summed E-state index contributed by atoms with van der Waals surface area (Å²) in [6, 6.07) is 12.7. The van der Waals surface area contributed by atoms with Crippen molar-refractivity contribution in [3.63, 3.8) is 0 Å². The van der Waals surface area contributed by atoms with E-state index in [0.29, 0.717) is 23.9 Å². The second kappa shape index (κ2) is 5.25. The molecule has 0 saturated heterocycles. The van der Waals surface area contributed by atoms with Crippen LogP contribution in [0.3, 0.4) is 0 Å². The lowest BCUT2D eigenvalue weighted by Crippen LogP contribution is -2.02. The Labute approximate surface area is 118 Å². The van der Waals surface area contributed by atoms with Crippen LogP contribution in [0.25, 0.3) is 11.1 Å². The first-order chi connectivity index (χ1) is 9.74. The Morgan fingerprint density at radius 2 is 2.05 bits per heavy atom. The maximum Gasteiger partial charge on any atom is 0.131 e. The quantitative estimate of drug-likeness (QED) is 0.922. The molecule has 0 aromatic heterocycles. The fourth-order valence-corrected chi connectivity index (χ4v) is 2.78. The van der Waals surface area contributed by atoms with Crippen molar-refractivity contribution in [1.29, 1.82) is 0 Å². The molecule has 0 bridgehead atoms. The summed E-state index contributed by atoms with van der Waals surface area (Å²) in [6.07, 6.45) is 1.09. The third-order valence-corrected chi connectivity index (χ3v) is 4.04. The molecule has 3 rings (SSSR count). The Morgan fingerprint density at radius 1 is 1.25 bits per heavy atom. The number of hydrogen-bond donors (Lipinski definition) is 1. The standard InChI is InChI=1S/C17H18FNO/c1-20-17-7-6-11(13-4-2-3-5-16(13)18)8-15(17)14-9-12(14)10-19/h2-8,12,14H,9-10,19H2,1H3/t12-,14+/m1/s1. The van der Waals surface area contributed by atoms with Crippen LogP contribution in [0.4, 0.5) is 4.39 Å². The van der Waals surface area contributed by atoms with Gasteiger partial charge in [-0.15, -0.1) is 0 Å². The highest BCUT2D eigenvalue weighted by Crippen LogP contribution is 2.50. The molecule has 0 unspecified atom stereocenters. The minimum absolute atomic E-state index is 0.199. The number of benzene rings is 2. The van der Waals surface area contributed by atoms with Crippen LogP contribution in [0.2, 0.25) is 0 Å². The van der Waals surface area contributed by atoms with Gasteiger partial charge in [-0.2, -0.15) is 0 Å². The van der Waals surface area contributed by atoms with Gasteiger partial charge in [0.05, 0.1) is 7.11 Å². The van der Waals surface area contributed by atoms with Gasteiger partial charge in [0.25, 0.3) is 0 Å². The third kappa shape index (κ3) is 2.29. The molecule has 0 spiro atoms. The van der Waals surface area contributed by atoms with E-state index in [1.54, 1.807) is 19.2 Å². The van der Waals surface area contributed by atoms with Gasteiger partial charge < -0.3 is 10.5 Å². The average Bonchev–Trinajstić information content (AvgIpc) is 3.26. The molecule has 3 heteroatoms. The lowest BCUT2D eigenvalue weighted by Gasteiger charge is -2.11. The maximum absolute atomic E-state index is 13.9. The first-order valence-electron chi connectivity index (χ1n) is 6.87. The van der Waals surface area contributed by atoms with E-state index in [2.05, 4.69) is 0 Å². The van der Waals surface area contributed by atoms with Crippen LogP contribution >= 0.6 is 0 Å². The molecule has 1 aliphatic rings. The first-order valence-corrected chi connectivity index (χ1v) is 6.87. The van der Waals surface area contributed by atoms with Gasteiger partial charge in [-0.05, 0) is 54.1 Å². The van der Waals surface area contributed by atoms with E-state index >= 15 is 0 Å². The zero-order valence-electron chi connectivity index (χ0n) is 11.5. The van der Waals surface area contributed by atoms with Crippen LogP contribution in [0.1, 0.15) is 17.9 Å². The number of nitrogens with two attached hydrogens (primary N) is 1. The molecule has 2 aromatic carbocycles. The molecule has 0 heterocycles. The fraction of sp³-hybridized carbons (Fsp3) is 0.294. The van der Waals surface area contributed by atoms with Crippen LogP contribution in [0.5, 0.6) is 5.75 Å². The van der Waals surface area contributed by atoms with Crippen LogP contribution in [-0.4, -0.2) is 13.7 Å². The minimum Gasteiger partial charge on any atom is -0.496 e. The SMILES string of the molecule is COc1ccc(-c2ccccc2F)cc1[C@H]1C[C@@H]1CN. The van der Waals surface area contributed by atoms with E-state index < -0.39 is 0 Å². The van der Waals surface area contributed by atoms with E-state index in [0.717, 1.165) is 23.3 Å². The zero-order chi connectivity index (χ0) is 14.1. The Kier molecular flexibility index (Phi) is 3.45. The van der Waals surface area contributed by atoms with Gasteiger partial charge in [0.1, 0.15) is 11.6 Å². The molecular weight excluding hydrogens is 253 g/mol. The molecule has 1 aliphatic carbocycles. The molecule has 1 fully saturated rings. The third-order valence-electron chi connectivity index (χ3n) is 4.04. The second-order valence-electron chi connectivity index (χ2n) is 5.27. The Balaban J connectivity index is 2.02. The minimum atomic E-state index is -0.199. The summed E-state index contributed by atoms with van der Waals surface area (Å²) in [6.45, 7) is 0.692. The Morgan fingerprint density at radius 3 is 2.70 bits per heavy atom. The number of ether oxygens (including phenoxy) is 1. The second-order valence-corrected chi connectivity index (χ2v) is 5.27. The van der Waals surface area contributed by atoms with Crippen molar-refractivity contribution in [2.75, 3.05) is 13.7 Å². The van der Waals surface area contributed by atoms with Crippen molar-refractivity contribution in [1.82, 2.24) is 0 Å². The molecule has 0 amide bonds. The molecule has 2 atom stereocenters. The normalized spacial score (nSPS) is 20.8. The molecule has 2 aromatic rings. The van der Waals surface area contributed by atoms with Crippen molar-refractivity contribution in [2.24, 2.45) is 11.7 Å². The summed E-state index contributed by atoms with van der Waals surface area (Å²) in [5, 5.41) is 0. The lowest BCUT2D eigenvalue weighted by atomic mass is 9.99. The predicted octanol–water partition coefficient (Wildman–Crippen LogP) is 3.56. The zero-order valence-corrected chi connectivity index (χ0v) is 11.5. The van der Waals surface area contributed by atoms with Gasteiger partial charge in [-0.25, -0.2) is 4.39 Å². The van der Waals surface area contributed by atoms with Crippen molar-refractivity contribution >= 4 is 0 Å². The first kappa shape index (κ1) is 13.1. The summed E-state index contributed by atoms with van der Waals surface area (Å²) in [7, 11) is 1.67. The summed E-state index contributed by atoms with van der Waals surface area (Å²) in [5.41, 5.74) is 8.38. The summed E-state index contributed by atoms with van der Waals surface area (Å²) in [5.74, 6) is 1.64. The Hall–Kier alpha value is -1.87. The molecule has 104 valence electrons. The number of halogens is 1. The molecule has 0 aliphatic heterocycles. The van der Waals surface area contributed by atoms with Crippen LogP contribution in [0.15, 0.2) is 42.5 Å². The molecule has 2 nitrogen and oxygen atoms in total. The molecule has 1 saturated carbocycles. The maximum atomic E-state index is 13.9. The number of hydrogen-bond acceptors (Lipinski definition) is 2. The van der Waals surface area contributed by atoms with Crippen molar-refractivity contribution in [3.8, 4) is 16.9 Å². The van der Waals surface area contributed by atoms with Gasteiger partial charge in [-0.1, -0.05) is 24.3 Å². The highest BCUT2D eigenvalue weighted by Gasteiger charge is 2.38. The van der Waals surface area contributed by atoms with Crippen LogP contribution < -0.4 is 10.5 Å². The molecule has 20 heavy (non-hydrogen) atoms. The van der Waals surface area contributed by atoms with E-state index in [9.17, 15) is 4.39 Å². The van der Waals surface area contributed by atoms with E-state index in [1.807, 2.05) is 24.3 Å². The van der Waals surface area contributed by atoms with Crippen molar-refractivity contribution in [2.45, 2.75) is 12.3 Å². The van der Waals surface area contributed by atoms with Gasteiger partial charge in [0.2, 0.25) is 0 Å². The highest BCUT2D eigenvalue weighted by molar-refractivity contribution is 5.67. The molecular formula is C17H18FNO. The van der Waals surface area contributed by atoms with Gasteiger partial charge >= 0.3 is 0 Å². The largest absolute Gasteiger partial charge is 0.496 e. The van der Waals surface area contributed by atoms with E-state index in [-0.39, 0.29) is 5.82 Å². The summed E-state index contributed by atoms with van der Waals surface area (Å²) in [4.78, 5) is 0. The van der Waals surface area contributed by atoms with Crippen molar-refractivity contribution < 1.29 is 9.13 Å². The highest BCUT2D eigenvalue weighted by atomic mass is 19.1. The number of methoxy groups -OCH3 is 1. The van der Waals surface area contributed by atoms with Crippen LogP contribution in [0, 0.1) is 11.7 Å². The molecule has 2 N–H and O–H groups in total. The lowest BCUT2D eigenvalue weighted by molar-refractivity contribution is 0.409. The van der Waals surface area contributed by atoms with Gasteiger partial charge in [0, 0.05) is 5.56 Å². The average molecular weight is 271 g/mol. The van der Waals surface area contributed by atoms with Gasteiger partial charge in [0.15, 0.2) is 0 Å². The topological polar surface area (TPSA) is 35.2 Å². The van der Waals surface area contributed by atoms with Crippen LogP contribution in [-0.2, 0) is 0 Å². The fourth-order valence-electron chi connectivity index (χ4n) is 2.78. The van der Waals surface area contributed by atoms with Gasteiger partial charge in [-0.3, -0.25) is 0 Å².